The van der Waals surface area contributed by atoms with Gasteiger partial charge in [-0.3, -0.25) is 0 Å². The maximum absolute atomic E-state index is 10.3. The first-order chi connectivity index (χ1) is 14.9. The summed E-state index contributed by atoms with van der Waals surface area (Å²) in [4.78, 5) is 3.20. The Morgan fingerprint density at radius 3 is 2.42 bits per heavy atom. The van der Waals surface area contributed by atoms with Gasteiger partial charge in [0.1, 0.15) is 30.2 Å². The van der Waals surface area contributed by atoms with Crippen LogP contribution in [0.4, 0.5) is 0 Å². The number of aromatic nitrogens is 1. The lowest BCUT2D eigenvalue weighted by atomic mass is 9.99. The smallest absolute Gasteiger partial charge is 0.229 e. The van der Waals surface area contributed by atoms with Crippen LogP contribution in [0.2, 0.25) is 5.02 Å². The Kier molecular flexibility index (Phi) is 6.52. The molecule has 5 atom stereocenters. The van der Waals surface area contributed by atoms with E-state index in [1.54, 1.807) is 12.1 Å². The third kappa shape index (κ3) is 4.43. The lowest BCUT2D eigenvalue weighted by Gasteiger charge is -2.39. The standard InChI is InChI=1S/C23H26ClNO6/c1-2-12-3-5-13(6-4-12)7-14-10-25-16-8-15(24)9-17(19(14)16)30-23-22(29)21(28)20(27)18(11-26)31-23/h3-6,8-10,18,20-23,25-29H,2,7,11H2,1H3/t18-,20-,21+,22-,23-/m1/s1. The van der Waals surface area contributed by atoms with Crippen LogP contribution in [-0.4, -0.2) is 62.7 Å². The molecular weight excluding hydrogens is 422 g/mol. The fourth-order valence-electron chi connectivity index (χ4n) is 3.90. The van der Waals surface area contributed by atoms with Gasteiger partial charge in [0.05, 0.1) is 12.1 Å². The van der Waals surface area contributed by atoms with Crippen molar-refractivity contribution in [1.29, 1.82) is 0 Å². The van der Waals surface area contributed by atoms with E-state index >= 15 is 0 Å². The van der Waals surface area contributed by atoms with Crippen molar-refractivity contribution in [1.82, 2.24) is 4.98 Å². The van der Waals surface area contributed by atoms with E-state index in [4.69, 9.17) is 21.1 Å². The summed E-state index contributed by atoms with van der Waals surface area (Å²) in [6.45, 7) is 1.58. The van der Waals surface area contributed by atoms with E-state index in [2.05, 4.69) is 36.2 Å². The maximum Gasteiger partial charge on any atom is 0.229 e. The number of hydrogen-bond donors (Lipinski definition) is 5. The van der Waals surface area contributed by atoms with Crippen LogP contribution in [-0.2, 0) is 17.6 Å². The summed E-state index contributed by atoms with van der Waals surface area (Å²) in [7, 11) is 0. The third-order valence-electron chi connectivity index (χ3n) is 5.71. The monoisotopic (exact) mass is 447 g/mol. The first-order valence-corrected chi connectivity index (χ1v) is 10.6. The Morgan fingerprint density at radius 2 is 1.74 bits per heavy atom. The van der Waals surface area contributed by atoms with E-state index in [9.17, 15) is 20.4 Å². The molecule has 2 aromatic carbocycles. The Hall–Kier alpha value is -2.13. The van der Waals surface area contributed by atoms with Gasteiger partial charge in [-0.05, 0) is 41.7 Å². The van der Waals surface area contributed by atoms with Crippen molar-refractivity contribution in [3.05, 3.63) is 64.3 Å². The van der Waals surface area contributed by atoms with Crippen molar-refractivity contribution < 1.29 is 29.9 Å². The number of aromatic amines is 1. The summed E-state index contributed by atoms with van der Waals surface area (Å²) in [6.07, 6.45) is -3.31. The molecule has 4 rings (SSSR count). The fraction of sp³-hybridized carbons (Fsp3) is 0.391. The molecule has 1 fully saturated rings. The summed E-state index contributed by atoms with van der Waals surface area (Å²) < 4.78 is 11.4. The van der Waals surface area contributed by atoms with Crippen molar-refractivity contribution in [3.8, 4) is 5.75 Å². The van der Waals surface area contributed by atoms with Crippen LogP contribution in [0.25, 0.3) is 10.9 Å². The molecule has 1 saturated heterocycles. The van der Waals surface area contributed by atoms with Crippen molar-refractivity contribution in [3.63, 3.8) is 0 Å². The second-order valence-corrected chi connectivity index (χ2v) is 8.24. The number of hydrogen-bond acceptors (Lipinski definition) is 6. The number of aliphatic hydroxyl groups excluding tert-OH is 4. The number of halogens is 1. The minimum atomic E-state index is -1.52. The van der Waals surface area contributed by atoms with Crippen molar-refractivity contribution in [2.75, 3.05) is 6.61 Å². The van der Waals surface area contributed by atoms with Gasteiger partial charge in [-0.25, -0.2) is 0 Å². The highest BCUT2D eigenvalue weighted by Crippen LogP contribution is 2.35. The van der Waals surface area contributed by atoms with Gasteiger partial charge >= 0.3 is 0 Å². The fourth-order valence-corrected chi connectivity index (χ4v) is 4.11. The first kappa shape index (κ1) is 22.1. The molecule has 0 amide bonds. The number of aliphatic hydroxyl groups is 4. The van der Waals surface area contributed by atoms with Crippen LogP contribution in [0.5, 0.6) is 5.75 Å². The summed E-state index contributed by atoms with van der Waals surface area (Å²) >= 11 is 6.26. The second kappa shape index (κ2) is 9.16. The molecule has 8 heteroatoms. The number of fused-ring (bicyclic) bond motifs is 1. The van der Waals surface area contributed by atoms with E-state index in [1.807, 2.05) is 6.20 Å². The van der Waals surface area contributed by atoms with E-state index in [0.717, 1.165) is 28.5 Å². The second-order valence-electron chi connectivity index (χ2n) is 7.80. The summed E-state index contributed by atoms with van der Waals surface area (Å²) in [5.74, 6) is 0.369. The molecule has 1 aliphatic heterocycles. The quantitative estimate of drug-likeness (QED) is 0.395. The van der Waals surface area contributed by atoms with Gasteiger partial charge < -0.3 is 34.9 Å². The highest BCUT2D eigenvalue weighted by atomic mass is 35.5. The number of H-pyrrole nitrogens is 1. The van der Waals surface area contributed by atoms with Gasteiger partial charge in [0.2, 0.25) is 6.29 Å². The Morgan fingerprint density at radius 1 is 1.03 bits per heavy atom. The van der Waals surface area contributed by atoms with E-state index in [0.29, 0.717) is 17.2 Å². The van der Waals surface area contributed by atoms with Crippen LogP contribution in [0, 0.1) is 0 Å². The molecule has 1 aromatic heterocycles. The number of rotatable bonds is 6. The summed E-state index contributed by atoms with van der Waals surface area (Å²) in [5.41, 5.74) is 4.12. The Bertz CT molecular complexity index is 1030. The highest BCUT2D eigenvalue weighted by Gasteiger charge is 2.44. The first-order valence-electron chi connectivity index (χ1n) is 10.3. The van der Waals surface area contributed by atoms with Crippen LogP contribution >= 0.6 is 11.6 Å². The molecule has 0 aliphatic carbocycles. The zero-order valence-electron chi connectivity index (χ0n) is 17.0. The normalized spacial score (nSPS) is 26.3. The lowest BCUT2D eigenvalue weighted by molar-refractivity contribution is -0.277. The molecule has 31 heavy (non-hydrogen) atoms. The molecule has 1 aliphatic rings. The van der Waals surface area contributed by atoms with Crippen LogP contribution in [0.3, 0.4) is 0 Å². The number of aryl methyl sites for hydroxylation is 1. The summed E-state index contributed by atoms with van der Waals surface area (Å²) in [6, 6.07) is 11.8. The number of benzene rings is 2. The van der Waals surface area contributed by atoms with Crippen molar-refractivity contribution in [2.45, 2.75) is 50.5 Å². The van der Waals surface area contributed by atoms with E-state index < -0.39 is 37.3 Å². The SMILES string of the molecule is CCc1ccc(Cc2c[nH]c3cc(Cl)cc(O[C@@H]4O[C@H](CO)[C@@H](O)[C@H](O)[C@H]4O)c23)cc1. The Labute approximate surface area is 184 Å². The predicted octanol–water partition coefficient (Wildman–Crippen LogP) is 2.15. The minimum Gasteiger partial charge on any atom is -0.461 e. The van der Waals surface area contributed by atoms with Gasteiger partial charge in [-0.15, -0.1) is 0 Å². The van der Waals surface area contributed by atoms with Crippen LogP contribution in [0.1, 0.15) is 23.6 Å². The predicted molar refractivity (Wildman–Crippen MR) is 116 cm³/mol. The molecular formula is C23H26ClNO6. The Balaban J connectivity index is 1.66. The summed E-state index contributed by atoms with van der Waals surface area (Å²) in [5, 5.41) is 41.0. The van der Waals surface area contributed by atoms with E-state index in [1.165, 1.54) is 5.56 Å². The molecule has 0 radical (unpaired) electrons. The van der Waals surface area contributed by atoms with Gasteiger partial charge in [0, 0.05) is 16.6 Å². The number of ether oxygens (including phenoxy) is 2. The van der Waals surface area contributed by atoms with Gasteiger partial charge in [-0.2, -0.15) is 0 Å². The van der Waals surface area contributed by atoms with Crippen molar-refractivity contribution in [2.24, 2.45) is 0 Å². The zero-order valence-corrected chi connectivity index (χ0v) is 17.8. The minimum absolute atomic E-state index is 0.369. The van der Waals surface area contributed by atoms with Crippen LogP contribution in [0.15, 0.2) is 42.6 Å². The van der Waals surface area contributed by atoms with Gasteiger partial charge in [0.25, 0.3) is 0 Å². The average Bonchev–Trinajstić information content (AvgIpc) is 3.17. The molecule has 2 heterocycles. The molecule has 166 valence electrons. The highest BCUT2D eigenvalue weighted by molar-refractivity contribution is 6.31. The molecule has 0 unspecified atom stereocenters. The number of nitrogens with one attached hydrogen (secondary N) is 1. The topological polar surface area (TPSA) is 115 Å². The van der Waals surface area contributed by atoms with Gasteiger partial charge in [0.15, 0.2) is 0 Å². The largest absolute Gasteiger partial charge is 0.461 e. The average molecular weight is 448 g/mol. The molecule has 7 nitrogen and oxygen atoms in total. The van der Waals surface area contributed by atoms with Crippen LogP contribution < -0.4 is 4.74 Å². The molecule has 0 bridgehead atoms. The maximum atomic E-state index is 10.3. The molecule has 0 saturated carbocycles. The molecule has 0 spiro atoms. The van der Waals surface area contributed by atoms with Crippen molar-refractivity contribution >= 4 is 22.5 Å². The lowest BCUT2D eigenvalue weighted by Crippen LogP contribution is -2.60. The van der Waals surface area contributed by atoms with Gasteiger partial charge in [-0.1, -0.05) is 42.8 Å². The molecule has 5 N–H and O–H groups in total. The molecule has 3 aromatic rings. The van der Waals surface area contributed by atoms with E-state index in [-0.39, 0.29) is 0 Å². The third-order valence-corrected chi connectivity index (χ3v) is 5.93. The zero-order chi connectivity index (χ0) is 22.1.